The van der Waals surface area contributed by atoms with Crippen LogP contribution in [0.25, 0.3) is 4.96 Å². The Labute approximate surface area is 97.6 Å². The number of alkyl halides is 3. The topological polar surface area (TPSA) is 43.6 Å². The molecular weight excluding hydrogens is 257 g/mol. The lowest BCUT2D eigenvalue weighted by atomic mass is 10.3. The van der Waals surface area contributed by atoms with E-state index in [2.05, 4.69) is 9.72 Å². The highest BCUT2D eigenvalue weighted by atomic mass is 32.1. The number of nitrogens with zero attached hydrogens (tertiary/aromatic N) is 2. The van der Waals surface area contributed by atoms with E-state index in [4.69, 9.17) is 0 Å². The maximum absolute atomic E-state index is 12.7. The molecule has 0 aliphatic heterocycles. The van der Waals surface area contributed by atoms with Gasteiger partial charge in [-0.1, -0.05) is 0 Å². The highest BCUT2D eigenvalue weighted by molar-refractivity contribution is 7.15. The van der Waals surface area contributed by atoms with Crippen molar-refractivity contribution in [3.05, 3.63) is 23.0 Å². The van der Waals surface area contributed by atoms with Gasteiger partial charge in [0.25, 0.3) is 0 Å². The lowest BCUT2D eigenvalue weighted by Gasteiger charge is -2.06. The molecule has 0 radical (unpaired) electrons. The van der Waals surface area contributed by atoms with E-state index >= 15 is 0 Å². The van der Waals surface area contributed by atoms with Gasteiger partial charge in [-0.3, -0.25) is 4.40 Å². The third-order valence-corrected chi connectivity index (χ3v) is 2.76. The molecule has 0 bridgehead atoms. The van der Waals surface area contributed by atoms with Gasteiger partial charge in [-0.05, 0) is 6.92 Å². The number of imidazole rings is 1. The number of ether oxygens (including phenoxy) is 1. The fraction of sp³-hybridized carbons (Fsp3) is 0.333. The Hall–Kier alpha value is -1.57. The third kappa shape index (κ3) is 1.99. The van der Waals surface area contributed by atoms with Crippen molar-refractivity contribution in [3.8, 4) is 0 Å². The van der Waals surface area contributed by atoms with Crippen LogP contribution in [0.4, 0.5) is 13.2 Å². The van der Waals surface area contributed by atoms with Gasteiger partial charge in [0.1, 0.15) is 0 Å². The van der Waals surface area contributed by atoms with Crippen molar-refractivity contribution in [3.63, 3.8) is 0 Å². The molecule has 0 aliphatic carbocycles. The monoisotopic (exact) mass is 264 g/mol. The van der Waals surface area contributed by atoms with E-state index in [1.165, 1.54) is 13.1 Å². The fourth-order valence-corrected chi connectivity index (χ4v) is 2.09. The zero-order valence-corrected chi connectivity index (χ0v) is 9.43. The summed E-state index contributed by atoms with van der Waals surface area (Å²) < 4.78 is 43.8. The number of esters is 1. The van der Waals surface area contributed by atoms with Crippen LogP contribution in [0.5, 0.6) is 0 Å². The molecule has 0 saturated heterocycles. The molecule has 2 heterocycles. The Morgan fingerprint density at radius 1 is 1.59 bits per heavy atom. The van der Waals surface area contributed by atoms with E-state index in [0.717, 1.165) is 15.7 Å². The zero-order chi connectivity index (χ0) is 12.6. The molecule has 0 spiro atoms. The predicted octanol–water partition coefficient (Wildman–Crippen LogP) is 2.59. The van der Waals surface area contributed by atoms with Crippen LogP contribution in [0.15, 0.2) is 11.6 Å². The first-order valence-electron chi connectivity index (χ1n) is 4.65. The Bertz CT molecular complexity index is 558. The molecule has 2 aromatic heterocycles. The average Bonchev–Trinajstić information content (AvgIpc) is 2.73. The molecule has 4 nitrogen and oxygen atoms in total. The first-order chi connectivity index (χ1) is 7.95. The van der Waals surface area contributed by atoms with E-state index in [1.807, 2.05) is 0 Å². The number of rotatable bonds is 2. The van der Waals surface area contributed by atoms with Crippen molar-refractivity contribution in [2.45, 2.75) is 13.1 Å². The highest BCUT2D eigenvalue weighted by Crippen LogP contribution is 2.33. The lowest BCUT2D eigenvalue weighted by molar-refractivity contribution is -0.141. The number of aromatic nitrogens is 2. The van der Waals surface area contributed by atoms with Crippen LogP contribution in [0.1, 0.15) is 23.1 Å². The summed E-state index contributed by atoms with van der Waals surface area (Å²) in [5.74, 6) is -1.02. The maximum Gasteiger partial charge on any atom is 0.435 e. The minimum Gasteiger partial charge on any atom is -0.461 e. The summed E-state index contributed by atoms with van der Waals surface area (Å²) in [5.41, 5.74) is -1.78. The summed E-state index contributed by atoms with van der Waals surface area (Å²) in [5, 5.41) is 1.55. The van der Waals surface area contributed by atoms with Gasteiger partial charge in [0.15, 0.2) is 16.3 Å². The second kappa shape index (κ2) is 4.02. The number of fused-ring (bicyclic) bond motifs is 1. The molecule has 17 heavy (non-hydrogen) atoms. The van der Waals surface area contributed by atoms with Gasteiger partial charge in [-0.15, -0.1) is 11.3 Å². The first-order valence-corrected chi connectivity index (χ1v) is 5.53. The highest BCUT2D eigenvalue weighted by Gasteiger charge is 2.40. The predicted molar refractivity (Wildman–Crippen MR) is 54.0 cm³/mol. The van der Waals surface area contributed by atoms with E-state index in [0.29, 0.717) is 0 Å². The van der Waals surface area contributed by atoms with E-state index in [1.54, 1.807) is 5.38 Å². The second-order valence-electron chi connectivity index (χ2n) is 3.08. The van der Waals surface area contributed by atoms with Crippen molar-refractivity contribution in [2.24, 2.45) is 0 Å². The van der Waals surface area contributed by atoms with Crippen LogP contribution in [0.3, 0.4) is 0 Å². The van der Waals surface area contributed by atoms with Crippen molar-refractivity contribution < 1.29 is 22.7 Å². The van der Waals surface area contributed by atoms with Crippen molar-refractivity contribution >= 4 is 22.3 Å². The minimum atomic E-state index is -4.67. The van der Waals surface area contributed by atoms with Crippen molar-refractivity contribution in [1.82, 2.24) is 9.38 Å². The molecule has 0 amide bonds. The fourth-order valence-electron chi connectivity index (χ4n) is 1.38. The Morgan fingerprint density at radius 3 is 2.88 bits per heavy atom. The molecule has 2 rings (SSSR count). The van der Waals surface area contributed by atoms with Crippen molar-refractivity contribution in [2.75, 3.05) is 6.61 Å². The molecule has 0 N–H and O–H groups in total. The van der Waals surface area contributed by atoms with Gasteiger partial charge < -0.3 is 4.74 Å². The number of thiazole rings is 1. The van der Waals surface area contributed by atoms with E-state index < -0.39 is 23.5 Å². The third-order valence-electron chi connectivity index (χ3n) is 2.00. The van der Waals surface area contributed by atoms with Gasteiger partial charge in [0, 0.05) is 11.6 Å². The van der Waals surface area contributed by atoms with Crippen LogP contribution in [0.2, 0.25) is 0 Å². The molecule has 0 saturated carbocycles. The normalized spacial score (nSPS) is 12.0. The lowest BCUT2D eigenvalue weighted by Crippen LogP contribution is -2.16. The molecule has 0 fully saturated rings. The summed E-state index contributed by atoms with van der Waals surface area (Å²) >= 11 is 1.02. The SMILES string of the molecule is CCOC(=O)c1c(C(F)(F)F)nc2sccn12. The molecular formula is C9H7F3N2O2S. The van der Waals surface area contributed by atoms with E-state index in [9.17, 15) is 18.0 Å². The summed E-state index contributed by atoms with van der Waals surface area (Å²) in [4.78, 5) is 15.0. The van der Waals surface area contributed by atoms with Gasteiger partial charge in [0.2, 0.25) is 0 Å². The number of carbonyl (C=O) groups is 1. The summed E-state index contributed by atoms with van der Waals surface area (Å²) in [6.45, 7) is 1.53. The number of hydrogen-bond donors (Lipinski definition) is 0. The van der Waals surface area contributed by atoms with Crippen LogP contribution in [0, 0.1) is 0 Å². The van der Waals surface area contributed by atoms with Gasteiger partial charge in [-0.25, -0.2) is 9.78 Å². The zero-order valence-electron chi connectivity index (χ0n) is 8.61. The smallest absolute Gasteiger partial charge is 0.435 e. The Kier molecular flexibility index (Phi) is 2.82. The van der Waals surface area contributed by atoms with Gasteiger partial charge in [0.05, 0.1) is 6.61 Å². The average molecular weight is 264 g/mol. The molecule has 0 aromatic carbocycles. The van der Waals surface area contributed by atoms with Crippen LogP contribution >= 0.6 is 11.3 Å². The summed E-state index contributed by atoms with van der Waals surface area (Å²) in [6, 6.07) is 0. The standard InChI is InChI=1S/C9H7F3N2O2S/c1-2-16-7(15)5-6(9(10,11)12)13-8-14(5)3-4-17-8/h3-4H,2H2,1H3. The van der Waals surface area contributed by atoms with Gasteiger partial charge in [-0.2, -0.15) is 13.2 Å². The molecule has 0 unspecified atom stereocenters. The molecule has 0 atom stereocenters. The van der Waals surface area contributed by atoms with E-state index in [-0.39, 0.29) is 11.6 Å². The Balaban J connectivity index is 2.63. The second-order valence-corrected chi connectivity index (χ2v) is 3.96. The largest absolute Gasteiger partial charge is 0.461 e. The van der Waals surface area contributed by atoms with Crippen LogP contribution in [-0.2, 0) is 10.9 Å². The summed E-state index contributed by atoms with van der Waals surface area (Å²) in [6.07, 6.45) is -3.32. The number of hydrogen-bond acceptors (Lipinski definition) is 4. The molecule has 8 heteroatoms. The number of carbonyl (C=O) groups excluding carboxylic acids is 1. The van der Waals surface area contributed by atoms with Crippen molar-refractivity contribution in [1.29, 1.82) is 0 Å². The molecule has 2 aromatic rings. The quantitative estimate of drug-likeness (QED) is 0.783. The van der Waals surface area contributed by atoms with Crippen LogP contribution < -0.4 is 0 Å². The minimum absolute atomic E-state index is 0.00744. The van der Waals surface area contributed by atoms with Crippen LogP contribution in [-0.4, -0.2) is 22.0 Å². The maximum atomic E-state index is 12.7. The first kappa shape index (κ1) is 11.9. The van der Waals surface area contributed by atoms with Gasteiger partial charge >= 0.3 is 12.1 Å². The number of halogens is 3. The summed E-state index contributed by atoms with van der Waals surface area (Å²) in [7, 11) is 0. The molecule has 92 valence electrons. The Morgan fingerprint density at radius 2 is 2.29 bits per heavy atom. The molecule has 0 aliphatic rings.